The zero-order valence-corrected chi connectivity index (χ0v) is 11.7. The van der Waals surface area contributed by atoms with Crippen LogP contribution in [0.15, 0.2) is 30.3 Å². The Balaban J connectivity index is 1.69. The fourth-order valence-electron chi connectivity index (χ4n) is 2.27. The maximum atomic E-state index is 11.8. The second-order valence-electron chi connectivity index (χ2n) is 4.95. The highest BCUT2D eigenvalue weighted by atomic mass is 16.5. The van der Waals surface area contributed by atoms with Gasteiger partial charge in [0, 0.05) is 26.1 Å². The highest BCUT2D eigenvalue weighted by Crippen LogP contribution is 2.11. The predicted molar refractivity (Wildman–Crippen MR) is 75.4 cm³/mol. The summed E-state index contributed by atoms with van der Waals surface area (Å²) in [6.45, 7) is 3.02. The molecular weight excluding hydrogens is 256 g/mol. The minimum atomic E-state index is -0.116. The van der Waals surface area contributed by atoms with Crippen LogP contribution in [0.1, 0.15) is 19.8 Å². The Kier molecular flexibility index (Phi) is 4.98. The van der Waals surface area contributed by atoms with E-state index < -0.39 is 0 Å². The molecule has 1 aliphatic heterocycles. The fraction of sp³-hybridized carbons (Fsp3) is 0.467. The van der Waals surface area contributed by atoms with E-state index in [1.54, 1.807) is 6.92 Å². The van der Waals surface area contributed by atoms with Crippen LogP contribution in [0.25, 0.3) is 0 Å². The monoisotopic (exact) mass is 276 g/mol. The number of nitrogens with one attached hydrogen (secondary N) is 1. The van der Waals surface area contributed by atoms with Gasteiger partial charge in [-0.05, 0) is 25.0 Å². The molecule has 1 saturated heterocycles. The molecule has 2 amide bonds. The van der Waals surface area contributed by atoms with E-state index in [0.29, 0.717) is 18.8 Å². The minimum absolute atomic E-state index is 0.0247. The first-order valence-corrected chi connectivity index (χ1v) is 6.88. The molecule has 1 N–H and O–H groups in total. The van der Waals surface area contributed by atoms with Crippen molar-refractivity contribution >= 4 is 11.8 Å². The van der Waals surface area contributed by atoms with Crippen molar-refractivity contribution in [3.05, 3.63) is 30.3 Å². The fourth-order valence-corrected chi connectivity index (χ4v) is 2.27. The topological polar surface area (TPSA) is 58.6 Å². The van der Waals surface area contributed by atoms with Gasteiger partial charge in [-0.2, -0.15) is 0 Å². The maximum Gasteiger partial charge on any atom is 0.258 e. The number of carbonyl (C=O) groups is 2. The van der Waals surface area contributed by atoms with Crippen molar-refractivity contribution in [3.63, 3.8) is 0 Å². The molecule has 20 heavy (non-hydrogen) atoms. The van der Waals surface area contributed by atoms with Crippen molar-refractivity contribution in [2.45, 2.75) is 25.8 Å². The molecule has 0 saturated carbocycles. The average Bonchev–Trinajstić information content (AvgIpc) is 2.47. The molecule has 0 aromatic heterocycles. The van der Waals surface area contributed by atoms with Gasteiger partial charge in [0.25, 0.3) is 5.91 Å². The number of piperidine rings is 1. The van der Waals surface area contributed by atoms with Gasteiger partial charge >= 0.3 is 0 Å². The molecule has 0 atom stereocenters. The van der Waals surface area contributed by atoms with Gasteiger partial charge < -0.3 is 15.0 Å². The quantitative estimate of drug-likeness (QED) is 0.898. The molecule has 1 aliphatic rings. The third kappa shape index (κ3) is 4.26. The first-order chi connectivity index (χ1) is 9.65. The lowest BCUT2D eigenvalue weighted by atomic mass is 10.1. The van der Waals surface area contributed by atoms with E-state index in [4.69, 9.17) is 4.74 Å². The molecule has 2 rings (SSSR count). The number of hydrogen-bond acceptors (Lipinski definition) is 3. The molecule has 5 nitrogen and oxygen atoms in total. The van der Waals surface area contributed by atoms with Crippen LogP contribution < -0.4 is 10.1 Å². The minimum Gasteiger partial charge on any atom is -0.484 e. The highest BCUT2D eigenvalue weighted by Gasteiger charge is 2.21. The summed E-state index contributed by atoms with van der Waals surface area (Å²) in [5.74, 6) is 0.673. The lowest BCUT2D eigenvalue weighted by molar-refractivity contribution is -0.130. The van der Waals surface area contributed by atoms with Crippen LogP contribution >= 0.6 is 0 Å². The molecule has 0 unspecified atom stereocenters. The van der Waals surface area contributed by atoms with Gasteiger partial charge in [0.1, 0.15) is 5.75 Å². The van der Waals surface area contributed by atoms with Crippen LogP contribution in [0, 0.1) is 0 Å². The van der Waals surface area contributed by atoms with Crippen molar-refractivity contribution in [1.29, 1.82) is 0 Å². The molecule has 1 aromatic carbocycles. The number of hydrogen-bond donors (Lipinski definition) is 1. The molecule has 1 aromatic rings. The van der Waals surface area contributed by atoms with E-state index in [2.05, 4.69) is 5.32 Å². The Morgan fingerprint density at radius 1 is 1.25 bits per heavy atom. The van der Waals surface area contributed by atoms with Crippen LogP contribution in [0.4, 0.5) is 0 Å². The SMILES string of the molecule is CC(=O)N1CCC(NC(=O)COc2ccccc2)CC1. The van der Waals surface area contributed by atoms with Crippen molar-refractivity contribution in [3.8, 4) is 5.75 Å². The summed E-state index contributed by atoms with van der Waals surface area (Å²) in [5, 5.41) is 2.95. The average molecular weight is 276 g/mol. The summed E-state index contributed by atoms with van der Waals surface area (Å²) in [4.78, 5) is 24.8. The van der Waals surface area contributed by atoms with E-state index in [0.717, 1.165) is 12.8 Å². The van der Waals surface area contributed by atoms with E-state index >= 15 is 0 Å². The maximum absolute atomic E-state index is 11.8. The van der Waals surface area contributed by atoms with Crippen LogP contribution in [-0.2, 0) is 9.59 Å². The number of rotatable bonds is 4. The van der Waals surface area contributed by atoms with Crippen LogP contribution in [-0.4, -0.2) is 42.5 Å². The number of ether oxygens (including phenoxy) is 1. The van der Waals surface area contributed by atoms with Crippen LogP contribution in [0.2, 0.25) is 0 Å². The molecule has 0 bridgehead atoms. The molecule has 0 radical (unpaired) electrons. The van der Waals surface area contributed by atoms with Crippen molar-refractivity contribution in [2.24, 2.45) is 0 Å². The zero-order valence-electron chi connectivity index (χ0n) is 11.7. The molecule has 108 valence electrons. The molecule has 1 fully saturated rings. The summed E-state index contributed by atoms with van der Waals surface area (Å²) in [5.41, 5.74) is 0. The third-order valence-corrected chi connectivity index (χ3v) is 3.42. The second kappa shape index (κ2) is 6.93. The standard InChI is InChI=1S/C15H20N2O3/c1-12(18)17-9-7-13(8-10-17)16-15(19)11-20-14-5-3-2-4-6-14/h2-6,13H,7-11H2,1H3,(H,16,19). The predicted octanol–water partition coefficient (Wildman–Crippen LogP) is 1.19. The van der Waals surface area contributed by atoms with Crippen LogP contribution in [0.3, 0.4) is 0 Å². The van der Waals surface area contributed by atoms with Gasteiger partial charge in [0.2, 0.25) is 5.91 Å². The second-order valence-corrected chi connectivity index (χ2v) is 4.95. The third-order valence-electron chi connectivity index (χ3n) is 3.42. The molecule has 0 spiro atoms. The summed E-state index contributed by atoms with van der Waals surface area (Å²) in [6, 6.07) is 9.40. The highest BCUT2D eigenvalue weighted by molar-refractivity contribution is 5.78. The number of likely N-dealkylation sites (tertiary alicyclic amines) is 1. The summed E-state index contributed by atoms with van der Waals surface area (Å²) in [7, 11) is 0. The lowest BCUT2D eigenvalue weighted by Crippen LogP contribution is -2.47. The molecule has 0 aliphatic carbocycles. The first kappa shape index (κ1) is 14.4. The van der Waals surface area contributed by atoms with Gasteiger partial charge in [-0.3, -0.25) is 9.59 Å². The van der Waals surface area contributed by atoms with Gasteiger partial charge in [-0.25, -0.2) is 0 Å². The molecular formula is C15H20N2O3. The summed E-state index contributed by atoms with van der Waals surface area (Å²) in [6.07, 6.45) is 1.60. The summed E-state index contributed by atoms with van der Waals surface area (Å²) < 4.78 is 5.39. The zero-order chi connectivity index (χ0) is 14.4. The van der Waals surface area contributed by atoms with Gasteiger partial charge in [-0.1, -0.05) is 18.2 Å². The van der Waals surface area contributed by atoms with Crippen LogP contribution in [0.5, 0.6) is 5.75 Å². The van der Waals surface area contributed by atoms with Crippen molar-refractivity contribution < 1.29 is 14.3 Å². The van der Waals surface area contributed by atoms with Gasteiger partial charge in [-0.15, -0.1) is 0 Å². The number of carbonyl (C=O) groups excluding carboxylic acids is 2. The Morgan fingerprint density at radius 3 is 2.50 bits per heavy atom. The van der Waals surface area contributed by atoms with Crippen molar-refractivity contribution in [1.82, 2.24) is 10.2 Å². The normalized spacial score (nSPS) is 15.8. The smallest absolute Gasteiger partial charge is 0.258 e. The number of para-hydroxylation sites is 1. The Bertz CT molecular complexity index is 453. The number of benzene rings is 1. The first-order valence-electron chi connectivity index (χ1n) is 6.88. The Morgan fingerprint density at radius 2 is 1.90 bits per heavy atom. The van der Waals surface area contributed by atoms with Gasteiger partial charge in [0.15, 0.2) is 6.61 Å². The molecule has 1 heterocycles. The summed E-state index contributed by atoms with van der Waals surface area (Å²) >= 11 is 0. The van der Waals surface area contributed by atoms with E-state index in [1.807, 2.05) is 35.2 Å². The Labute approximate surface area is 118 Å². The largest absolute Gasteiger partial charge is 0.484 e. The molecule has 5 heteroatoms. The van der Waals surface area contributed by atoms with E-state index in [9.17, 15) is 9.59 Å². The van der Waals surface area contributed by atoms with Gasteiger partial charge in [0.05, 0.1) is 0 Å². The number of amides is 2. The number of nitrogens with zero attached hydrogens (tertiary/aromatic N) is 1. The Hall–Kier alpha value is -2.04. The van der Waals surface area contributed by atoms with Crippen molar-refractivity contribution in [2.75, 3.05) is 19.7 Å². The van der Waals surface area contributed by atoms with E-state index in [-0.39, 0.29) is 24.5 Å². The van der Waals surface area contributed by atoms with E-state index in [1.165, 1.54) is 0 Å². The lowest BCUT2D eigenvalue weighted by Gasteiger charge is -2.31.